The lowest BCUT2D eigenvalue weighted by molar-refractivity contribution is -0.213. The Bertz CT molecular complexity index is 1390. The van der Waals surface area contributed by atoms with Gasteiger partial charge in [0.25, 0.3) is 0 Å². The van der Waals surface area contributed by atoms with Crippen LogP contribution in [0.2, 0.25) is 0 Å². The van der Waals surface area contributed by atoms with E-state index in [0.29, 0.717) is 12.8 Å². The number of esters is 2. The molecule has 0 aromatic heterocycles. The van der Waals surface area contributed by atoms with Crippen molar-refractivity contribution in [1.82, 2.24) is 0 Å². The predicted molar refractivity (Wildman–Crippen MR) is 242 cm³/mol. The van der Waals surface area contributed by atoms with Gasteiger partial charge in [0, 0.05) is 12.8 Å². The molecule has 0 aromatic carbocycles. The summed E-state index contributed by atoms with van der Waals surface area (Å²) in [6.07, 6.45) is 13.5. The summed E-state index contributed by atoms with van der Waals surface area (Å²) in [5.74, 6) is -1.29. The number of aliphatic hydroxyl groups excluding tert-OH is 3. The van der Waals surface area contributed by atoms with Crippen LogP contribution >= 0.6 is 23.5 Å². The highest BCUT2D eigenvalue weighted by Gasteiger charge is 2.56. The summed E-state index contributed by atoms with van der Waals surface area (Å²) in [4.78, 5) is 73.1. The topological polar surface area (TPSA) is 329 Å². The van der Waals surface area contributed by atoms with Crippen LogP contribution in [0.15, 0.2) is 0 Å². The van der Waals surface area contributed by atoms with E-state index >= 15 is 0 Å². The molecule has 23 heteroatoms. The van der Waals surface area contributed by atoms with Gasteiger partial charge in [-0.25, -0.2) is 13.7 Å². The third-order valence-corrected chi connectivity index (χ3v) is 13.3. The highest BCUT2D eigenvalue weighted by atomic mass is 31.2. The van der Waals surface area contributed by atoms with Gasteiger partial charge in [-0.3, -0.25) is 27.7 Å². The first kappa shape index (κ1) is 62.1. The van der Waals surface area contributed by atoms with Crippen molar-refractivity contribution in [3.63, 3.8) is 0 Å². The number of rotatable bonds is 42. The molecule has 65 heavy (non-hydrogen) atoms. The summed E-state index contributed by atoms with van der Waals surface area (Å²) >= 11 is 0. The molecule has 0 radical (unpaired) electrons. The van der Waals surface area contributed by atoms with E-state index in [4.69, 9.17) is 24.3 Å². The molecule has 0 aromatic rings. The Morgan fingerprint density at radius 2 is 0.831 bits per heavy atom. The molecule has 0 aliphatic heterocycles. The van der Waals surface area contributed by atoms with Crippen molar-refractivity contribution in [3.05, 3.63) is 0 Å². The Labute approximate surface area is 386 Å². The number of hydrogen-bond acceptors (Lipinski definition) is 15. The van der Waals surface area contributed by atoms with Crippen molar-refractivity contribution in [2.75, 3.05) is 19.8 Å². The molecule has 386 valence electrons. The maximum absolute atomic E-state index is 13.1. The van der Waals surface area contributed by atoms with Gasteiger partial charge >= 0.3 is 35.4 Å². The summed E-state index contributed by atoms with van der Waals surface area (Å²) in [5, 5.41) is 31.9. The molecule has 1 saturated carbocycles. The lowest BCUT2D eigenvalue weighted by Gasteiger charge is -2.44. The van der Waals surface area contributed by atoms with Crippen LogP contribution in [0.1, 0.15) is 193 Å². The van der Waals surface area contributed by atoms with Crippen molar-refractivity contribution in [3.8, 4) is 0 Å². The second kappa shape index (κ2) is 36.1. The van der Waals surface area contributed by atoms with Crippen molar-refractivity contribution < 1.29 is 90.6 Å². The first-order valence-electron chi connectivity index (χ1n) is 24.0. The maximum atomic E-state index is 13.1. The number of unbranched alkanes of at least 4 members (excludes halogenated alkanes) is 25. The maximum Gasteiger partial charge on any atom is 0.472 e. The Hall–Kier alpha value is -0.890. The van der Waals surface area contributed by atoms with Crippen LogP contribution in [0.5, 0.6) is 0 Å². The fourth-order valence-electron chi connectivity index (χ4n) is 7.66. The van der Waals surface area contributed by atoms with Crippen LogP contribution in [0.25, 0.3) is 0 Å². The fraction of sp³-hybridized carbons (Fsp3) is 0.952. The summed E-state index contributed by atoms with van der Waals surface area (Å²) < 4.78 is 65.4. The number of aliphatic hydroxyl groups is 3. The molecule has 1 fully saturated rings. The van der Waals surface area contributed by atoms with E-state index in [2.05, 4.69) is 16.0 Å². The summed E-state index contributed by atoms with van der Waals surface area (Å²) in [7, 11) is -16.6. The molecule has 0 spiro atoms. The number of phosphoric acid groups is 3. The molecule has 0 bridgehead atoms. The van der Waals surface area contributed by atoms with Gasteiger partial charge in [-0.1, -0.05) is 161 Å². The van der Waals surface area contributed by atoms with Crippen molar-refractivity contribution in [1.29, 1.82) is 0 Å². The zero-order valence-electron chi connectivity index (χ0n) is 38.7. The van der Waals surface area contributed by atoms with Gasteiger partial charge in [-0.15, -0.1) is 0 Å². The Morgan fingerprint density at radius 1 is 0.477 bits per heavy atom. The number of ether oxygens (including phenoxy) is 2. The molecular weight excluding hydrogens is 915 g/mol. The monoisotopic (exact) mass is 999 g/mol. The summed E-state index contributed by atoms with van der Waals surface area (Å²) in [6.45, 7) is 1.49. The molecule has 0 saturated heterocycles. The highest BCUT2D eigenvalue weighted by molar-refractivity contribution is 7.47. The van der Waals surface area contributed by atoms with Gasteiger partial charge in [-0.05, 0) is 25.8 Å². The Balaban J connectivity index is 2.71. The molecular formula is C42H84NO19P3. The van der Waals surface area contributed by atoms with Crippen LogP contribution in [-0.4, -0.2) is 114 Å². The molecule has 10 N–H and O–H groups in total. The van der Waals surface area contributed by atoms with Crippen molar-refractivity contribution >= 4 is 35.4 Å². The minimum atomic E-state index is -5.60. The zero-order valence-corrected chi connectivity index (χ0v) is 41.3. The Morgan fingerprint density at radius 3 is 1.23 bits per heavy atom. The summed E-state index contributed by atoms with van der Waals surface area (Å²) in [5.41, 5.74) is 5.54. The van der Waals surface area contributed by atoms with Gasteiger partial charge in [0.05, 0.1) is 6.61 Å². The van der Waals surface area contributed by atoms with E-state index in [1.54, 1.807) is 0 Å². The smallest absolute Gasteiger partial charge is 0.462 e. The molecule has 20 nitrogen and oxygen atoms in total. The van der Waals surface area contributed by atoms with Gasteiger partial charge in [0.15, 0.2) is 6.10 Å². The average Bonchev–Trinajstić information content (AvgIpc) is 3.23. The van der Waals surface area contributed by atoms with E-state index in [-0.39, 0.29) is 12.8 Å². The highest BCUT2D eigenvalue weighted by Crippen LogP contribution is 2.51. The van der Waals surface area contributed by atoms with E-state index in [0.717, 1.165) is 64.3 Å². The van der Waals surface area contributed by atoms with E-state index in [1.165, 1.54) is 103 Å². The second-order valence-electron chi connectivity index (χ2n) is 17.2. The molecule has 0 amide bonds. The molecule has 1 aliphatic carbocycles. The largest absolute Gasteiger partial charge is 0.472 e. The number of nitrogens with two attached hydrogens (primary N) is 1. The average molecular weight is 1000 g/mol. The first-order chi connectivity index (χ1) is 30.8. The van der Waals surface area contributed by atoms with Gasteiger partial charge in [0.1, 0.15) is 43.2 Å². The van der Waals surface area contributed by atoms with E-state index in [9.17, 15) is 63.1 Å². The predicted octanol–water partition coefficient (Wildman–Crippen LogP) is 7.29. The normalized spacial score (nSPS) is 21.8. The van der Waals surface area contributed by atoms with Gasteiger partial charge < -0.3 is 55.0 Å². The van der Waals surface area contributed by atoms with Crippen LogP contribution in [0.3, 0.4) is 0 Å². The molecule has 4 unspecified atom stereocenters. The molecule has 0 heterocycles. The van der Waals surface area contributed by atoms with Crippen LogP contribution in [-0.2, 0) is 50.9 Å². The second-order valence-corrected chi connectivity index (χ2v) is 21.0. The molecule has 1 aliphatic rings. The first-order valence-corrected chi connectivity index (χ1v) is 28.6. The third kappa shape index (κ3) is 32.5. The minimum absolute atomic E-state index is 0.00225. The minimum Gasteiger partial charge on any atom is -0.462 e. The van der Waals surface area contributed by atoms with E-state index < -0.39 is 91.3 Å². The van der Waals surface area contributed by atoms with Crippen LogP contribution in [0, 0.1) is 0 Å². The van der Waals surface area contributed by atoms with Gasteiger partial charge in [0.2, 0.25) is 0 Å². The molecule has 1 rings (SSSR count). The summed E-state index contributed by atoms with van der Waals surface area (Å²) in [6, 6.07) is 0. The quantitative estimate of drug-likeness (QED) is 0.0165. The van der Waals surface area contributed by atoms with Crippen LogP contribution < -0.4 is 5.73 Å². The fourth-order valence-corrected chi connectivity index (χ4v) is 9.75. The lowest BCUT2D eigenvalue weighted by Crippen LogP contribution is -2.65. The van der Waals surface area contributed by atoms with Crippen molar-refractivity contribution in [2.45, 2.75) is 236 Å². The number of carbonyl (C=O) groups excluding carboxylic acids is 2. The van der Waals surface area contributed by atoms with Gasteiger partial charge in [-0.2, -0.15) is 0 Å². The van der Waals surface area contributed by atoms with E-state index in [1.807, 2.05) is 0 Å². The standard InChI is InChI=1S/C42H84NO19P3/c1-2-3-4-5-6-7-8-11-15-18-21-24-27-30-36(45)59-34(32-57-35(44)29-26-23-20-17-14-12-9-10-13-16-19-22-25-28-31-43)33-58-65(55,56)62-40-37(46)38(47)41(60-63(49,50)51)42(39(40)48)61-64(52,53)54/h34,37-42,46-48H,2-33,43H2,1H3,(H,55,56)(H2,49,50,51)(H2,52,53,54)/t34-,37-,38+,39?,40?,41?,42-/m1/s1. The molecule has 8 atom stereocenters. The number of phosphoric ester groups is 3. The third-order valence-electron chi connectivity index (χ3n) is 11.3. The zero-order chi connectivity index (χ0) is 48.6. The van der Waals surface area contributed by atoms with Crippen molar-refractivity contribution in [2.24, 2.45) is 5.73 Å². The lowest BCUT2D eigenvalue weighted by atomic mass is 9.85. The number of carbonyl (C=O) groups is 2. The van der Waals surface area contributed by atoms with Crippen LogP contribution in [0.4, 0.5) is 0 Å². The SMILES string of the molecule is CCCCCCCCCCCCCCCC(=O)O[C@H](COC(=O)CCCCCCCCCCCCCCCCN)COP(=O)(O)OC1C(O)[C@@H](OP(=O)(O)O)C(OP(=O)(O)O)[C@@H](O)[C@H]1O. The number of hydrogen-bond donors (Lipinski definition) is 9. The Kier molecular flexibility index (Phi) is 34.5.